The first kappa shape index (κ1) is 16.7. The van der Waals surface area contributed by atoms with Gasteiger partial charge in [-0.15, -0.1) is 0 Å². The number of hydrogen-bond donors (Lipinski definition) is 1. The van der Waals surface area contributed by atoms with Gasteiger partial charge in [0.15, 0.2) is 0 Å². The molecule has 5 nitrogen and oxygen atoms in total. The quantitative estimate of drug-likeness (QED) is 0.858. The van der Waals surface area contributed by atoms with E-state index in [9.17, 15) is 9.59 Å². The summed E-state index contributed by atoms with van der Waals surface area (Å²) in [4.78, 5) is 29.2. The standard InChI is InChI=1S/C18H31N3O2/c1-13(2)20-9-7-15(8-10-20)19-18(23)14-11-17(22)21(12-14)16-5-3-4-6-16/h13-16H,3-12H2,1-2H3,(H,19,23)/t14-/m1/s1. The molecule has 1 atom stereocenters. The lowest BCUT2D eigenvalue weighted by Crippen LogP contribution is -2.48. The molecule has 2 aliphatic heterocycles. The third-order valence-corrected chi connectivity index (χ3v) is 5.90. The summed E-state index contributed by atoms with van der Waals surface area (Å²) in [6, 6.07) is 1.27. The molecule has 3 aliphatic rings. The number of amides is 2. The summed E-state index contributed by atoms with van der Waals surface area (Å²) < 4.78 is 0. The Hall–Kier alpha value is -1.10. The normalized spacial score (nSPS) is 28.0. The summed E-state index contributed by atoms with van der Waals surface area (Å²) in [5, 5.41) is 3.21. The summed E-state index contributed by atoms with van der Waals surface area (Å²) in [5.41, 5.74) is 0. The summed E-state index contributed by atoms with van der Waals surface area (Å²) in [5.74, 6) is 0.153. The second-order valence-corrected chi connectivity index (χ2v) is 7.80. The van der Waals surface area contributed by atoms with Crippen molar-refractivity contribution in [3.63, 3.8) is 0 Å². The van der Waals surface area contributed by atoms with Crippen molar-refractivity contribution in [2.75, 3.05) is 19.6 Å². The van der Waals surface area contributed by atoms with Gasteiger partial charge in [0, 0.05) is 44.2 Å². The van der Waals surface area contributed by atoms with E-state index in [1.165, 1.54) is 12.8 Å². The van der Waals surface area contributed by atoms with E-state index in [1.807, 2.05) is 4.90 Å². The van der Waals surface area contributed by atoms with Crippen LogP contribution in [0.4, 0.5) is 0 Å². The molecule has 3 rings (SSSR count). The van der Waals surface area contributed by atoms with Crippen molar-refractivity contribution >= 4 is 11.8 Å². The van der Waals surface area contributed by atoms with Crippen molar-refractivity contribution in [1.82, 2.24) is 15.1 Å². The van der Waals surface area contributed by atoms with Gasteiger partial charge >= 0.3 is 0 Å². The zero-order valence-electron chi connectivity index (χ0n) is 14.6. The molecular formula is C18H31N3O2. The zero-order chi connectivity index (χ0) is 16.4. The molecule has 5 heteroatoms. The Bertz CT molecular complexity index is 438. The van der Waals surface area contributed by atoms with Gasteiger partial charge in [-0.2, -0.15) is 0 Å². The fourth-order valence-electron chi connectivity index (χ4n) is 4.36. The molecule has 0 aromatic rings. The van der Waals surface area contributed by atoms with Crippen molar-refractivity contribution in [1.29, 1.82) is 0 Å². The second kappa shape index (κ2) is 7.20. The number of rotatable bonds is 4. The van der Waals surface area contributed by atoms with Gasteiger partial charge in [0.2, 0.25) is 11.8 Å². The van der Waals surface area contributed by atoms with Gasteiger partial charge in [0.25, 0.3) is 0 Å². The van der Waals surface area contributed by atoms with Crippen LogP contribution in [0.5, 0.6) is 0 Å². The van der Waals surface area contributed by atoms with Crippen LogP contribution < -0.4 is 5.32 Å². The van der Waals surface area contributed by atoms with E-state index in [-0.39, 0.29) is 23.8 Å². The molecule has 0 aromatic carbocycles. The Kier molecular flexibility index (Phi) is 5.24. The van der Waals surface area contributed by atoms with Crippen molar-refractivity contribution in [3.8, 4) is 0 Å². The van der Waals surface area contributed by atoms with Gasteiger partial charge in [-0.05, 0) is 39.5 Å². The van der Waals surface area contributed by atoms with Crippen LogP contribution in [0.1, 0.15) is 58.8 Å². The number of carbonyl (C=O) groups excluding carboxylic acids is 2. The number of nitrogens with zero attached hydrogens (tertiary/aromatic N) is 2. The molecule has 1 aliphatic carbocycles. The maximum Gasteiger partial charge on any atom is 0.225 e. The molecular weight excluding hydrogens is 290 g/mol. The van der Waals surface area contributed by atoms with Gasteiger partial charge in [0.1, 0.15) is 0 Å². The lowest BCUT2D eigenvalue weighted by atomic mass is 10.0. The van der Waals surface area contributed by atoms with Crippen LogP contribution >= 0.6 is 0 Å². The monoisotopic (exact) mass is 321 g/mol. The van der Waals surface area contributed by atoms with E-state index in [1.54, 1.807) is 0 Å². The molecule has 0 unspecified atom stereocenters. The molecule has 23 heavy (non-hydrogen) atoms. The van der Waals surface area contributed by atoms with Crippen LogP contribution in [-0.4, -0.2) is 59.4 Å². The molecule has 2 amide bonds. The topological polar surface area (TPSA) is 52.7 Å². The molecule has 0 bridgehead atoms. The van der Waals surface area contributed by atoms with Gasteiger partial charge < -0.3 is 15.1 Å². The minimum atomic E-state index is -0.133. The summed E-state index contributed by atoms with van der Waals surface area (Å²) in [6.45, 7) is 7.20. The Balaban J connectivity index is 1.47. The van der Waals surface area contributed by atoms with Crippen LogP contribution in [0, 0.1) is 5.92 Å². The Morgan fingerprint density at radius 1 is 1.13 bits per heavy atom. The number of piperidine rings is 1. The van der Waals surface area contributed by atoms with Crippen molar-refractivity contribution < 1.29 is 9.59 Å². The Labute approximate surface area is 139 Å². The van der Waals surface area contributed by atoms with Crippen LogP contribution in [-0.2, 0) is 9.59 Å². The fraction of sp³-hybridized carbons (Fsp3) is 0.889. The maximum atomic E-state index is 12.5. The summed E-state index contributed by atoms with van der Waals surface area (Å²) >= 11 is 0. The number of likely N-dealkylation sites (tertiary alicyclic amines) is 2. The Morgan fingerprint density at radius 2 is 1.78 bits per heavy atom. The van der Waals surface area contributed by atoms with E-state index >= 15 is 0 Å². The van der Waals surface area contributed by atoms with Crippen molar-refractivity contribution in [2.24, 2.45) is 5.92 Å². The van der Waals surface area contributed by atoms with Crippen molar-refractivity contribution in [3.05, 3.63) is 0 Å². The van der Waals surface area contributed by atoms with Crippen molar-refractivity contribution in [2.45, 2.75) is 76.9 Å². The molecule has 3 fully saturated rings. The van der Waals surface area contributed by atoms with Crippen LogP contribution in [0.2, 0.25) is 0 Å². The highest BCUT2D eigenvalue weighted by molar-refractivity contribution is 5.89. The molecule has 1 N–H and O–H groups in total. The van der Waals surface area contributed by atoms with E-state index in [4.69, 9.17) is 0 Å². The number of hydrogen-bond acceptors (Lipinski definition) is 3. The van der Waals surface area contributed by atoms with Crippen LogP contribution in [0.25, 0.3) is 0 Å². The average Bonchev–Trinajstić information content (AvgIpc) is 3.16. The molecule has 2 saturated heterocycles. The summed E-state index contributed by atoms with van der Waals surface area (Å²) in [6.07, 6.45) is 7.14. The van der Waals surface area contributed by atoms with E-state index in [0.29, 0.717) is 25.0 Å². The molecule has 0 aromatic heterocycles. The van der Waals surface area contributed by atoms with Gasteiger partial charge in [-0.3, -0.25) is 9.59 Å². The molecule has 2 heterocycles. The first-order valence-corrected chi connectivity index (χ1v) is 9.38. The average molecular weight is 321 g/mol. The predicted molar refractivity (Wildman–Crippen MR) is 89.9 cm³/mol. The van der Waals surface area contributed by atoms with Crippen LogP contribution in [0.3, 0.4) is 0 Å². The Morgan fingerprint density at radius 3 is 2.39 bits per heavy atom. The first-order valence-electron chi connectivity index (χ1n) is 9.38. The molecule has 1 saturated carbocycles. The first-order chi connectivity index (χ1) is 11.0. The minimum Gasteiger partial charge on any atom is -0.353 e. The van der Waals surface area contributed by atoms with E-state index in [0.717, 1.165) is 38.8 Å². The fourth-order valence-corrected chi connectivity index (χ4v) is 4.36. The predicted octanol–water partition coefficient (Wildman–Crippen LogP) is 1.77. The molecule has 130 valence electrons. The third-order valence-electron chi connectivity index (χ3n) is 5.90. The highest BCUT2D eigenvalue weighted by Gasteiger charge is 2.39. The summed E-state index contributed by atoms with van der Waals surface area (Å²) in [7, 11) is 0. The highest BCUT2D eigenvalue weighted by Crippen LogP contribution is 2.29. The smallest absolute Gasteiger partial charge is 0.225 e. The highest BCUT2D eigenvalue weighted by atomic mass is 16.2. The van der Waals surface area contributed by atoms with Gasteiger partial charge in [-0.25, -0.2) is 0 Å². The lowest BCUT2D eigenvalue weighted by Gasteiger charge is -2.35. The van der Waals surface area contributed by atoms with E-state index in [2.05, 4.69) is 24.1 Å². The zero-order valence-corrected chi connectivity index (χ0v) is 14.6. The molecule has 0 spiro atoms. The second-order valence-electron chi connectivity index (χ2n) is 7.80. The lowest BCUT2D eigenvalue weighted by molar-refractivity contribution is -0.130. The minimum absolute atomic E-state index is 0.0989. The number of carbonyl (C=O) groups is 2. The van der Waals surface area contributed by atoms with E-state index < -0.39 is 0 Å². The number of nitrogens with one attached hydrogen (secondary N) is 1. The SMILES string of the molecule is CC(C)N1CCC(NC(=O)[C@@H]2CC(=O)N(C3CCCC3)C2)CC1. The largest absolute Gasteiger partial charge is 0.353 e. The maximum absolute atomic E-state index is 12.5. The third kappa shape index (κ3) is 3.87. The van der Waals surface area contributed by atoms with Gasteiger partial charge in [-0.1, -0.05) is 12.8 Å². The van der Waals surface area contributed by atoms with Crippen LogP contribution in [0.15, 0.2) is 0 Å². The molecule has 0 radical (unpaired) electrons. The van der Waals surface area contributed by atoms with Gasteiger partial charge in [0.05, 0.1) is 5.92 Å².